The van der Waals surface area contributed by atoms with Crippen molar-refractivity contribution in [1.82, 2.24) is 10.2 Å². The maximum Gasteiger partial charge on any atom is 0.266 e. The van der Waals surface area contributed by atoms with Gasteiger partial charge in [-0.05, 0) is 48.0 Å². The van der Waals surface area contributed by atoms with E-state index in [4.69, 9.17) is 4.42 Å². The third-order valence-corrected chi connectivity index (χ3v) is 4.92. The molecule has 0 spiro atoms. The number of amides is 2. The fourth-order valence-electron chi connectivity index (χ4n) is 3.42. The minimum atomic E-state index is -1.42. The van der Waals surface area contributed by atoms with E-state index in [0.29, 0.717) is 17.1 Å². The number of fused-ring (bicyclic) bond motifs is 1. The smallest absolute Gasteiger partial charge is 0.266 e. The number of anilines is 1. The molecule has 0 unspecified atom stereocenters. The molecule has 1 aromatic heterocycles. The van der Waals surface area contributed by atoms with Crippen LogP contribution in [0.3, 0.4) is 0 Å². The highest BCUT2D eigenvalue weighted by molar-refractivity contribution is 6.34. The summed E-state index contributed by atoms with van der Waals surface area (Å²) in [5, 5.41) is 19.2. The van der Waals surface area contributed by atoms with Crippen LogP contribution in [0.2, 0.25) is 0 Å². The molecule has 8 heteroatoms. The molecule has 0 N–H and O–H groups in total. The molecule has 2 amide bonds. The number of carboxylic acids is 1. The summed E-state index contributed by atoms with van der Waals surface area (Å²) in [7, 11) is 0. The number of aromatic carboxylic acids is 1. The van der Waals surface area contributed by atoms with Crippen LogP contribution in [-0.4, -0.2) is 28.0 Å². The Morgan fingerprint density at radius 3 is 2.19 bits per heavy atom. The molecule has 2 heterocycles. The van der Waals surface area contributed by atoms with E-state index in [1.165, 1.54) is 12.1 Å². The first-order chi connectivity index (χ1) is 15.0. The summed E-state index contributed by atoms with van der Waals surface area (Å²) in [6.45, 7) is 0. The van der Waals surface area contributed by atoms with Gasteiger partial charge >= 0.3 is 0 Å². The number of benzene rings is 3. The van der Waals surface area contributed by atoms with Crippen LogP contribution in [0.1, 0.15) is 31.1 Å². The second-order valence-electron chi connectivity index (χ2n) is 6.82. The zero-order valence-corrected chi connectivity index (χ0v) is 15.8. The summed E-state index contributed by atoms with van der Waals surface area (Å²) in [4.78, 5) is 37.8. The van der Waals surface area contributed by atoms with Crippen molar-refractivity contribution in [3.8, 4) is 22.9 Å². The Hall–Kier alpha value is -4.59. The van der Waals surface area contributed by atoms with Crippen molar-refractivity contribution in [3.05, 3.63) is 89.5 Å². The number of carboxylic acid groups (broad SMARTS) is 1. The maximum atomic E-state index is 12.9. The minimum Gasteiger partial charge on any atom is -0.545 e. The van der Waals surface area contributed by atoms with Crippen LogP contribution in [-0.2, 0) is 0 Å². The van der Waals surface area contributed by atoms with Gasteiger partial charge in [0, 0.05) is 11.1 Å². The molecular weight excluding hydrogens is 398 g/mol. The highest BCUT2D eigenvalue weighted by atomic mass is 16.4. The number of aromatic nitrogens is 2. The van der Waals surface area contributed by atoms with E-state index >= 15 is 0 Å². The molecule has 4 aromatic rings. The Morgan fingerprint density at radius 1 is 0.774 bits per heavy atom. The van der Waals surface area contributed by atoms with Crippen molar-refractivity contribution in [2.24, 2.45) is 0 Å². The molecule has 0 saturated carbocycles. The average Bonchev–Trinajstić information content (AvgIpc) is 3.38. The van der Waals surface area contributed by atoms with Gasteiger partial charge in [-0.25, -0.2) is 4.90 Å². The Labute approximate surface area is 175 Å². The summed E-state index contributed by atoms with van der Waals surface area (Å²) in [5.41, 5.74) is 1.57. The van der Waals surface area contributed by atoms with Crippen LogP contribution in [0, 0.1) is 0 Å². The van der Waals surface area contributed by atoms with Crippen molar-refractivity contribution in [1.29, 1.82) is 0 Å². The van der Waals surface area contributed by atoms with E-state index in [9.17, 15) is 19.5 Å². The number of hydrogen-bond acceptors (Lipinski definition) is 7. The van der Waals surface area contributed by atoms with Crippen molar-refractivity contribution in [2.75, 3.05) is 4.90 Å². The Balaban J connectivity index is 1.50. The monoisotopic (exact) mass is 410 g/mol. The van der Waals surface area contributed by atoms with Gasteiger partial charge in [-0.15, -0.1) is 10.2 Å². The average molecular weight is 410 g/mol. The van der Waals surface area contributed by atoms with E-state index in [0.717, 1.165) is 16.5 Å². The second kappa shape index (κ2) is 7.03. The van der Waals surface area contributed by atoms with E-state index in [1.54, 1.807) is 24.3 Å². The first-order valence-electron chi connectivity index (χ1n) is 9.26. The zero-order chi connectivity index (χ0) is 21.5. The van der Waals surface area contributed by atoms with Crippen molar-refractivity contribution >= 4 is 23.5 Å². The Bertz CT molecular complexity index is 1360. The molecular formula is C23H12N3O5-. The standard InChI is InChI=1S/C23H13N3O5/c27-21-17-10-9-15(23(29)30)12-18(17)22(28)26(21)16-8-4-7-14(11-16)20-25-24-19(31-20)13-5-2-1-3-6-13/h1-12H,(H,29,30)/p-1. The molecule has 0 bridgehead atoms. The van der Waals surface area contributed by atoms with E-state index in [2.05, 4.69) is 10.2 Å². The lowest BCUT2D eigenvalue weighted by molar-refractivity contribution is -0.255. The molecule has 0 saturated heterocycles. The molecule has 0 aliphatic carbocycles. The fourth-order valence-corrected chi connectivity index (χ4v) is 3.42. The number of carbonyl (C=O) groups excluding carboxylic acids is 3. The van der Waals surface area contributed by atoms with Crippen LogP contribution >= 0.6 is 0 Å². The topological polar surface area (TPSA) is 116 Å². The third kappa shape index (κ3) is 3.06. The van der Waals surface area contributed by atoms with E-state index in [-0.39, 0.29) is 22.6 Å². The SMILES string of the molecule is O=C([O-])c1ccc2c(c1)C(=O)N(c1cccc(-c3nnc(-c4ccccc4)o3)c1)C2=O. The number of nitrogens with zero attached hydrogens (tertiary/aromatic N) is 3. The summed E-state index contributed by atoms with van der Waals surface area (Å²) in [6, 6.07) is 19.5. The number of rotatable bonds is 4. The predicted molar refractivity (Wildman–Crippen MR) is 107 cm³/mol. The van der Waals surface area contributed by atoms with Gasteiger partial charge in [-0.1, -0.05) is 30.3 Å². The Morgan fingerprint density at radius 2 is 1.45 bits per heavy atom. The zero-order valence-electron chi connectivity index (χ0n) is 15.8. The fraction of sp³-hybridized carbons (Fsp3) is 0. The molecule has 0 atom stereocenters. The van der Waals surface area contributed by atoms with Gasteiger partial charge in [0.25, 0.3) is 11.8 Å². The van der Waals surface area contributed by atoms with Gasteiger partial charge < -0.3 is 14.3 Å². The van der Waals surface area contributed by atoms with Gasteiger partial charge in [0.15, 0.2) is 0 Å². The highest BCUT2D eigenvalue weighted by Crippen LogP contribution is 2.32. The van der Waals surface area contributed by atoms with Crippen LogP contribution in [0.15, 0.2) is 77.2 Å². The molecule has 0 radical (unpaired) electrons. The molecule has 150 valence electrons. The van der Waals surface area contributed by atoms with Crippen molar-refractivity contribution in [3.63, 3.8) is 0 Å². The van der Waals surface area contributed by atoms with E-state index < -0.39 is 17.8 Å². The van der Waals surface area contributed by atoms with Gasteiger partial charge in [0.05, 0.1) is 22.8 Å². The highest BCUT2D eigenvalue weighted by Gasteiger charge is 2.37. The molecule has 5 rings (SSSR count). The normalized spacial score (nSPS) is 12.8. The van der Waals surface area contributed by atoms with Gasteiger partial charge in [-0.2, -0.15) is 0 Å². The van der Waals surface area contributed by atoms with E-state index in [1.807, 2.05) is 30.3 Å². The summed E-state index contributed by atoms with van der Waals surface area (Å²) < 4.78 is 5.75. The predicted octanol–water partition coefficient (Wildman–Crippen LogP) is 2.57. The molecule has 3 aromatic carbocycles. The maximum absolute atomic E-state index is 12.9. The summed E-state index contributed by atoms with van der Waals surface area (Å²) in [5.74, 6) is -2.00. The van der Waals surface area contributed by atoms with Crippen molar-refractivity contribution in [2.45, 2.75) is 0 Å². The lowest BCUT2D eigenvalue weighted by Gasteiger charge is -2.14. The lowest BCUT2D eigenvalue weighted by Crippen LogP contribution is -2.29. The van der Waals surface area contributed by atoms with Crippen LogP contribution in [0.25, 0.3) is 22.9 Å². The molecule has 0 fully saturated rings. The Kier molecular flexibility index (Phi) is 4.18. The molecule has 8 nitrogen and oxygen atoms in total. The van der Waals surface area contributed by atoms with Gasteiger partial charge in [0.1, 0.15) is 0 Å². The molecule has 1 aliphatic heterocycles. The largest absolute Gasteiger partial charge is 0.545 e. The molecule has 31 heavy (non-hydrogen) atoms. The molecule has 1 aliphatic rings. The van der Waals surface area contributed by atoms with Crippen molar-refractivity contribution < 1.29 is 23.9 Å². The quantitative estimate of drug-likeness (QED) is 0.475. The minimum absolute atomic E-state index is 0.0151. The number of carbonyl (C=O) groups is 3. The van der Waals surface area contributed by atoms with Gasteiger partial charge in [-0.3, -0.25) is 9.59 Å². The van der Waals surface area contributed by atoms with Gasteiger partial charge in [0.2, 0.25) is 11.8 Å². The first-order valence-corrected chi connectivity index (χ1v) is 9.26. The van der Waals surface area contributed by atoms with Crippen LogP contribution in [0.5, 0.6) is 0 Å². The van der Waals surface area contributed by atoms with Crippen LogP contribution in [0.4, 0.5) is 5.69 Å². The summed E-state index contributed by atoms with van der Waals surface area (Å²) in [6.07, 6.45) is 0. The first kappa shape index (κ1) is 18.4. The third-order valence-electron chi connectivity index (χ3n) is 4.92. The second-order valence-corrected chi connectivity index (χ2v) is 6.82. The number of imide groups is 1. The number of hydrogen-bond donors (Lipinski definition) is 0. The summed E-state index contributed by atoms with van der Waals surface area (Å²) >= 11 is 0. The lowest BCUT2D eigenvalue weighted by atomic mass is 10.1. The van der Waals surface area contributed by atoms with Crippen LogP contribution < -0.4 is 10.0 Å².